The SMILES string of the molecule is CC(C)(C)n1c(-c2ccccc2)[n+](C(C)(C)C)[si-]1Cl.[C-]#[O+].[C-]#[O+].[C-]#[O+].[V].c1cc[cH-]c1. The summed E-state index contributed by atoms with van der Waals surface area (Å²) in [5.74, 6) is 1.27. The molecule has 0 unspecified atom stereocenters. The molecule has 0 amide bonds. The van der Waals surface area contributed by atoms with E-state index < -0.39 is 8.05 Å². The zero-order valence-corrected chi connectivity index (χ0v) is 21.9. The van der Waals surface area contributed by atoms with Crippen LogP contribution in [0.3, 0.4) is 0 Å². The second kappa shape index (κ2) is 17.0. The van der Waals surface area contributed by atoms with Crippen LogP contribution >= 0.6 is 11.1 Å². The number of hydrogen-bond donors (Lipinski definition) is 0. The van der Waals surface area contributed by atoms with E-state index in [2.05, 4.69) is 100 Å². The zero-order chi connectivity index (χ0) is 24.0. The molecule has 0 saturated carbocycles. The average molecular weight is 495 g/mol. The molecule has 0 atom stereocenters. The molecule has 0 aliphatic heterocycles. The number of rotatable bonds is 1. The Morgan fingerprint density at radius 1 is 0.839 bits per heavy atom. The van der Waals surface area contributed by atoms with Crippen molar-refractivity contribution in [1.82, 2.24) is 4.22 Å². The molecule has 31 heavy (non-hydrogen) atoms. The zero-order valence-electron chi connectivity index (χ0n) is 18.7. The summed E-state index contributed by atoms with van der Waals surface area (Å²) in [5.41, 5.74) is 1.37. The summed E-state index contributed by atoms with van der Waals surface area (Å²) in [6.45, 7) is 26.9. The smallest absolute Gasteiger partial charge is 0 e. The Morgan fingerprint density at radius 2 is 1.26 bits per heavy atom. The maximum Gasteiger partial charge on any atom is 0 e. The summed E-state index contributed by atoms with van der Waals surface area (Å²) in [6, 6.07) is 20.6. The summed E-state index contributed by atoms with van der Waals surface area (Å²) in [4.78, 5) is 0. The van der Waals surface area contributed by atoms with E-state index in [9.17, 15) is 0 Å². The van der Waals surface area contributed by atoms with E-state index in [0.29, 0.717) is 0 Å². The van der Waals surface area contributed by atoms with Crippen LogP contribution in [0.5, 0.6) is 0 Å². The quantitative estimate of drug-likeness (QED) is 0.198. The van der Waals surface area contributed by atoms with Gasteiger partial charge in [-0.05, 0) is 53.7 Å². The molecule has 0 N–H and O–H groups in total. The first-order chi connectivity index (χ1) is 14.1. The fourth-order valence-corrected chi connectivity index (χ4v) is 6.66. The van der Waals surface area contributed by atoms with Crippen LogP contribution in [0.15, 0.2) is 60.7 Å². The Kier molecular flexibility index (Phi) is 18.6. The minimum atomic E-state index is -1.18. The molecule has 2 aromatic carbocycles. The fourth-order valence-electron chi connectivity index (χ4n) is 2.69. The third-order valence-corrected chi connectivity index (χ3v) is 7.24. The Labute approximate surface area is 204 Å². The topological polar surface area (TPSA) is 68.5 Å². The molecule has 0 saturated heterocycles. The molecule has 0 aliphatic rings. The molecule has 0 aliphatic carbocycles. The van der Waals surface area contributed by atoms with Crippen LogP contribution in [0.2, 0.25) is 0 Å². The molecule has 0 spiro atoms. The molecule has 1 aromatic heterocycles. The largest absolute Gasteiger partial charge is 0.214 e. The van der Waals surface area contributed by atoms with E-state index in [1.165, 1.54) is 11.4 Å². The minimum Gasteiger partial charge on any atom is -0.214 e. The van der Waals surface area contributed by atoms with Gasteiger partial charge in [-0.15, -0.1) is 0 Å². The van der Waals surface area contributed by atoms with Gasteiger partial charge in [-0.1, -0.05) is 18.2 Å². The maximum absolute atomic E-state index is 7.50. The van der Waals surface area contributed by atoms with Crippen LogP contribution in [0.25, 0.3) is 11.4 Å². The molecule has 5 nitrogen and oxygen atoms in total. The number of benzene rings is 1. The van der Waals surface area contributed by atoms with Crippen LogP contribution in [0.1, 0.15) is 41.5 Å². The van der Waals surface area contributed by atoms with Crippen molar-refractivity contribution in [3.63, 3.8) is 0 Å². The van der Waals surface area contributed by atoms with Gasteiger partial charge in [0.25, 0.3) is 0 Å². The van der Waals surface area contributed by atoms with E-state index in [4.69, 9.17) is 25.0 Å². The van der Waals surface area contributed by atoms with Crippen LogP contribution in [0, 0.1) is 20.0 Å². The van der Waals surface area contributed by atoms with Gasteiger partial charge in [0.2, 0.25) is 0 Å². The van der Waals surface area contributed by atoms with E-state index >= 15 is 0 Å². The summed E-state index contributed by atoms with van der Waals surface area (Å²) < 4.78 is 27.3. The van der Waals surface area contributed by atoms with Gasteiger partial charge in [-0.25, -0.2) is 12.1 Å². The van der Waals surface area contributed by atoms with Gasteiger partial charge in [0.05, 0.1) is 0 Å². The molecular weight excluding hydrogens is 467 g/mol. The minimum absolute atomic E-state index is 0. The van der Waals surface area contributed by atoms with Crippen molar-refractivity contribution in [2.45, 2.75) is 52.6 Å². The Balaban J connectivity index is -0.000000549. The van der Waals surface area contributed by atoms with Crippen molar-refractivity contribution < 1.29 is 36.7 Å². The van der Waals surface area contributed by atoms with Crippen LogP contribution in [-0.4, -0.2) is 12.3 Å². The molecule has 1 heterocycles. The van der Waals surface area contributed by atoms with Crippen molar-refractivity contribution in [3.05, 3.63) is 80.6 Å². The average Bonchev–Trinajstić information content (AvgIpc) is 3.29. The maximum atomic E-state index is 7.50. The van der Waals surface area contributed by atoms with E-state index in [0.717, 1.165) is 0 Å². The van der Waals surface area contributed by atoms with E-state index in [1.54, 1.807) is 0 Å². The van der Waals surface area contributed by atoms with Gasteiger partial charge in [0.15, 0.2) is 13.9 Å². The van der Waals surface area contributed by atoms with Gasteiger partial charge in [-0.2, -0.15) is 18.2 Å². The van der Waals surface area contributed by atoms with Crippen LogP contribution < -0.4 is 4.22 Å². The predicted octanol–water partition coefficient (Wildman–Crippen LogP) is 4.99. The van der Waals surface area contributed by atoms with Gasteiger partial charge < -0.3 is 8.44 Å². The van der Waals surface area contributed by atoms with Crippen molar-refractivity contribution in [2.75, 3.05) is 0 Å². The molecule has 3 aromatic rings. The molecule has 0 fully saturated rings. The third-order valence-electron chi connectivity index (χ3n) is 3.72. The Bertz CT molecular complexity index is 820. The van der Waals surface area contributed by atoms with Crippen molar-refractivity contribution >= 4 is 19.1 Å². The second-order valence-corrected chi connectivity index (χ2v) is 10.4. The predicted molar refractivity (Wildman–Crippen MR) is 117 cm³/mol. The second-order valence-electron chi connectivity index (χ2n) is 7.93. The van der Waals surface area contributed by atoms with Gasteiger partial charge in [0.1, 0.15) is 0 Å². The first-order valence-corrected chi connectivity index (χ1v) is 11.4. The van der Waals surface area contributed by atoms with Crippen LogP contribution in [0.4, 0.5) is 0 Å². The Morgan fingerprint density at radius 3 is 1.55 bits per heavy atom. The van der Waals surface area contributed by atoms with Gasteiger partial charge in [0, 0.05) is 35.2 Å². The summed E-state index contributed by atoms with van der Waals surface area (Å²) >= 11 is 6.73. The van der Waals surface area contributed by atoms with Crippen molar-refractivity contribution in [1.29, 1.82) is 0 Å². The molecule has 3 rings (SSSR count). The Hall–Kier alpha value is -1.65. The molecule has 8 heteroatoms. The first-order valence-electron chi connectivity index (χ1n) is 8.97. The van der Waals surface area contributed by atoms with Crippen molar-refractivity contribution in [2.24, 2.45) is 0 Å². The van der Waals surface area contributed by atoms with Gasteiger partial charge >= 0.3 is 33.9 Å². The molecule has 1 radical (unpaired) electrons. The van der Waals surface area contributed by atoms with E-state index in [-0.39, 0.29) is 29.6 Å². The molecule has 0 bridgehead atoms. The third kappa shape index (κ3) is 10.5. The summed E-state index contributed by atoms with van der Waals surface area (Å²) in [7, 11) is -1.18. The normalized spacial score (nSPS) is 9.45. The number of hydrogen-bond acceptors (Lipinski definition) is 0. The van der Waals surface area contributed by atoms with Crippen molar-refractivity contribution in [3.8, 4) is 11.4 Å². The number of nitrogens with zero attached hydrogens (tertiary/aromatic N) is 2. The molecule has 165 valence electrons. The molecular formula is C23H28ClN2O3SiV-. The standard InChI is InChI=1S/C15H23ClN2Si.C5H5.3CO.V/c1-14(2,3)17-13(12-10-8-7-9-11-12)18(19(17)16)15(4,5)6;1-2-4-5-3-1;3*1-2;/h7-11H,1-6H3;1-5H;;;;/q;-1;;;;. The summed E-state index contributed by atoms with van der Waals surface area (Å²) in [6.07, 6.45) is 0. The number of halogens is 1. The monoisotopic (exact) mass is 494 g/mol. The fraction of sp³-hybridized carbons (Fsp3) is 0.348. The number of aromatic nitrogens is 2. The first kappa shape index (κ1) is 34.0. The van der Waals surface area contributed by atoms with E-state index in [1.807, 2.05) is 30.3 Å². The van der Waals surface area contributed by atoms with Gasteiger partial charge in [-0.3, -0.25) is 11.1 Å². The summed E-state index contributed by atoms with van der Waals surface area (Å²) in [5, 5.41) is 0. The van der Waals surface area contributed by atoms with Crippen LogP contribution in [-0.2, 0) is 43.6 Å².